The van der Waals surface area contributed by atoms with Gasteiger partial charge in [0.2, 0.25) is 5.82 Å². The van der Waals surface area contributed by atoms with Crippen LogP contribution < -0.4 is 10.1 Å². The topological polar surface area (TPSA) is 60.2 Å². The molecule has 0 aliphatic rings. The molecule has 6 heteroatoms. The van der Waals surface area contributed by atoms with Gasteiger partial charge in [-0.15, -0.1) is 0 Å². The number of aromatic nitrogens is 2. The maximum absolute atomic E-state index is 5.14. The zero-order chi connectivity index (χ0) is 11.5. The molecule has 0 saturated heterocycles. The van der Waals surface area contributed by atoms with Crippen LogP contribution in [0.5, 0.6) is 5.75 Å². The highest BCUT2D eigenvalue weighted by atomic mass is 79.9. The highest BCUT2D eigenvalue weighted by Crippen LogP contribution is 2.29. The highest BCUT2D eigenvalue weighted by Gasteiger charge is 2.09. The Morgan fingerprint density at radius 3 is 2.81 bits per heavy atom. The molecular formula is C10H10BrN3O2. The first-order valence-corrected chi connectivity index (χ1v) is 5.39. The van der Waals surface area contributed by atoms with Crippen LogP contribution in [0.4, 0.5) is 6.01 Å². The van der Waals surface area contributed by atoms with Gasteiger partial charge in [-0.2, -0.15) is 4.98 Å². The van der Waals surface area contributed by atoms with Gasteiger partial charge in [0.25, 0.3) is 0 Å². The fourth-order valence-corrected chi connectivity index (χ4v) is 1.79. The largest absolute Gasteiger partial charge is 0.496 e. The number of methoxy groups -OCH3 is 1. The molecule has 84 valence electrons. The number of nitrogens with zero attached hydrogens (tertiary/aromatic N) is 2. The Morgan fingerprint density at radius 2 is 2.25 bits per heavy atom. The van der Waals surface area contributed by atoms with Crippen molar-refractivity contribution in [1.82, 2.24) is 10.1 Å². The Hall–Kier alpha value is -1.56. The maximum Gasteiger partial charge on any atom is 0.321 e. The fraction of sp³-hybridized carbons (Fsp3) is 0.200. The molecule has 0 atom stereocenters. The number of nitrogens with one attached hydrogen (secondary N) is 1. The minimum atomic E-state index is 0.391. The van der Waals surface area contributed by atoms with Gasteiger partial charge in [0.1, 0.15) is 5.75 Å². The molecule has 0 amide bonds. The zero-order valence-electron chi connectivity index (χ0n) is 8.82. The number of halogens is 1. The average molecular weight is 284 g/mol. The van der Waals surface area contributed by atoms with Gasteiger partial charge in [0.05, 0.1) is 11.6 Å². The number of benzene rings is 1. The van der Waals surface area contributed by atoms with Crippen LogP contribution in [0.3, 0.4) is 0 Å². The molecule has 0 unspecified atom stereocenters. The summed E-state index contributed by atoms with van der Waals surface area (Å²) in [6, 6.07) is 5.98. The Morgan fingerprint density at radius 1 is 1.44 bits per heavy atom. The van der Waals surface area contributed by atoms with E-state index < -0.39 is 0 Å². The molecule has 2 aromatic rings. The first-order chi connectivity index (χ1) is 7.74. The molecule has 0 fully saturated rings. The number of ether oxygens (including phenoxy) is 1. The lowest BCUT2D eigenvalue weighted by atomic mass is 10.2. The van der Waals surface area contributed by atoms with Crippen molar-refractivity contribution in [2.24, 2.45) is 0 Å². The lowest BCUT2D eigenvalue weighted by Crippen LogP contribution is -1.88. The van der Waals surface area contributed by atoms with Crippen LogP contribution in [0.2, 0.25) is 0 Å². The Balaban J connectivity index is 2.37. The van der Waals surface area contributed by atoms with E-state index in [4.69, 9.17) is 9.26 Å². The van der Waals surface area contributed by atoms with Crippen LogP contribution in [0.1, 0.15) is 0 Å². The molecule has 1 heterocycles. The predicted molar refractivity (Wildman–Crippen MR) is 63.5 cm³/mol. The molecule has 5 nitrogen and oxygen atoms in total. The standard InChI is InChI=1S/C10H10BrN3O2/c1-12-10-13-9(14-16-10)6-3-4-8(15-2)7(11)5-6/h3-5H,1-2H3,(H,12,13,14). The summed E-state index contributed by atoms with van der Waals surface area (Å²) in [6.07, 6.45) is 0. The molecule has 0 aliphatic carbocycles. The SMILES string of the molecule is CNc1nc(-c2ccc(OC)c(Br)c2)no1. The monoisotopic (exact) mass is 283 g/mol. The van der Waals surface area contributed by atoms with Gasteiger partial charge in [0, 0.05) is 12.6 Å². The van der Waals surface area contributed by atoms with E-state index >= 15 is 0 Å². The van der Waals surface area contributed by atoms with E-state index in [0.29, 0.717) is 11.8 Å². The normalized spacial score (nSPS) is 10.2. The average Bonchev–Trinajstić information content (AvgIpc) is 2.77. The Bertz CT molecular complexity index is 499. The smallest absolute Gasteiger partial charge is 0.321 e. The van der Waals surface area contributed by atoms with E-state index in [-0.39, 0.29) is 0 Å². The predicted octanol–water partition coefficient (Wildman–Crippen LogP) is 2.55. The Kier molecular flexibility index (Phi) is 3.09. The number of hydrogen-bond donors (Lipinski definition) is 1. The van der Waals surface area contributed by atoms with Gasteiger partial charge in [0.15, 0.2) is 0 Å². The maximum atomic E-state index is 5.14. The van der Waals surface area contributed by atoms with E-state index in [1.54, 1.807) is 14.2 Å². The van der Waals surface area contributed by atoms with Crippen molar-refractivity contribution in [3.8, 4) is 17.1 Å². The van der Waals surface area contributed by atoms with E-state index in [1.165, 1.54) is 0 Å². The number of anilines is 1. The minimum absolute atomic E-state index is 0.391. The highest BCUT2D eigenvalue weighted by molar-refractivity contribution is 9.10. The fourth-order valence-electron chi connectivity index (χ4n) is 1.25. The van der Waals surface area contributed by atoms with Gasteiger partial charge >= 0.3 is 6.01 Å². The van der Waals surface area contributed by atoms with Gasteiger partial charge in [-0.1, -0.05) is 5.16 Å². The third-order valence-corrected chi connectivity index (χ3v) is 2.67. The molecule has 16 heavy (non-hydrogen) atoms. The third kappa shape index (κ3) is 2.01. The summed E-state index contributed by atoms with van der Waals surface area (Å²) in [5.74, 6) is 1.30. The molecular weight excluding hydrogens is 274 g/mol. The molecule has 0 aliphatic heterocycles. The molecule has 2 rings (SSSR count). The van der Waals surface area contributed by atoms with Crippen LogP contribution in [-0.2, 0) is 0 Å². The van der Waals surface area contributed by atoms with Crippen LogP contribution in [0.25, 0.3) is 11.4 Å². The van der Waals surface area contributed by atoms with Crippen LogP contribution >= 0.6 is 15.9 Å². The van der Waals surface area contributed by atoms with Gasteiger partial charge in [-0.05, 0) is 34.1 Å². The summed E-state index contributed by atoms with van der Waals surface area (Å²) in [7, 11) is 3.34. The lowest BCUT2D eigenvalue weighted by Gasteiger charge is -2.03. The first kappa shape index (κ1) is 10.9. The van der Waals surface area contributed by atoms with Crippen molar-refractivity contribution in [2.75, 3.05) is 19.5 Å². The van der Waals surface area contributed by atoms with Gasteiger partial charge in [-0.25, -0.2) is 0 Å². The van der Waals surface area contributed by atoms with Gasteiger partial charge in [-0.3, -0.25) is 0 Å². The quantitative estimate of drug-likeness (QED) is 0.938. The van der Waals surface area contributed by atoms with Gasteiger partial charge < -0.3 is 14.6 Å². The van der Waals surface area contributed by atoms with E-state index in [2.05, 4.69) is 31.4 Å². The van der Waals surface area contributed by atoms with Crippen molar-refractivity contribution < 1.29 is 9.26 Å². The van der Waals surface area contributed by atoms with Crippen LogP contribution in [-0.4, -0.2) is 24.3 Å². The summed E-state index contributed by atoms with van der Waals surface area (Å²) in [4.78, 5) is 4.15. The minimum Gasteiger partial charge on any atom is -0.496 e. The van der Waals surface area contributed by atoms with Crippen LogP contribution in [0.15, 0.2) is 27.2 Å². The number of rotatable bonds is 3. The lowest BCUT2D eigenvalue weighted by molar-refractivity contribution is 0.412. The molecule has 0 bridgehead atoms. The summed E-state index contributed by atoms with van der Waals surface area (Å²) < 4.78 is 10.9. The second kappa shape index (κ2) is 4.52. The molecule has 0 spiro atoms. The molecule has 1 N–H and O–H groups in total. The third-order valence-electron chi connectivity index (χ3n) is 2.05. The van der Waals surface area contributed by atoms with Crippen molar-refractivity contribution in [1.29, 1.82) is 0 Å². The number of hydrogen-bond acceptors (Lipinski definition) is 5. The second-order valence-electron chi connectivity index (χ2n) is 3.02. The molecule has 0 saturated carbocycles. The first-order valence-electron chi connectivity index (χ1n) is 4.60. The van der Waals surface area contributed by atoms with E-state index in [9.17, 15) is 0 Å². The Labute approximate surface area is 101 Å². The van der Waals surface area contributed by atoms with E-state index in [1.807, 2.05) is 18.2 Å². The second-order valence-corrected chi connectivity index (χ2v) is 3.88. The van der Waals surface area contributed by atoms with Crippen LogP contribution in [0, 0.1) is 0 Å². The summed E-state index contributed by atoms with van der Waals surface area (Å²) in [6.45, 7) is 0. The van der Waals surface area contributed by atoms with Crippen molar-refractivity contribution >= 4 is 21.9 Å². The molecule has 1 aromatic carbocycles. The van der Waals surface area contributed by atoms with Crippen molar-refractivity contribution in [3.63, 3.8) is 0 Å². The van der Waals surface area contributed by atoms with Crippen molar-refractivity contribution in [3.05, 3.63) is 22.7 Å². The summed E-state index contributed by atoms with van der Waals surface area (Å²) >= 11 is 3.40. The summed E-state index contributed by atoms with van der Waals surface area (Å²) in [5.41, 5.74) is 0.859. The zero-order valence-corrected chi connectivity index (χ0v) is 10.4. The summed E-state index contributed by atoms with van der Waals surface area (Å²) in [5, 5.41) is 6.62. The van der Waals surface area contributed by atoms with E-state index in [0.717, 1.165) is 15.8 Å². The van der Waals surface area contributed by atoms with Crippen molar-refractivity contribution in [2.45, 2.75) is 0 Å². The molecule has 1 aromatic heterocycles. The molecule has 0 radical (unpaired) electrons.